The number of piperidine rings is 1. The summed E-state index contributed by atoms with van der Waals surface area (Å²) in [6.45, 7) is 4.07. The summed E-state index contributed by atoms with van der Waals surface area (Å²) in [5, 5.41) is 8.80. The molecule has 0 radical (unpaired) electrons. The van der Waals surface area contributed by atoms with Gasteiger partial charge in [-0.3, -0.25) is 4.79 Å². The number of hydrogen-bond donors (Lipinski definition) is 1. The second kappa shape index (κ2) is 8.70. The third kappa shape index (κ3) is 4.67. The molecule has 4 rings (SSSR count). The summed E-state index contributed by atoms with van der Waals surface area (Å²) < 4.78 is 32.9. The van der Waals surface area contributed by atoms with Crippen LogP contribution in [0.4, 0.5) is 5.69 Å². The third-order valence-electron chi connectivity index (χ3n) is 5.09. The Balaban J connectivity index is 1.48. The van der Waals surface area contributed by atoms with E-state index in [1.165, 1.54) is 4.31 Å². The van der Waals surface area contributed by atoms with Crippen LogP contribution in [0.5, 0.6) is 0 Å². The Morgan fingerprint density at radius 2 is 2.13 bits per heavy atom. The van der Waals surface area contributed by atoms with Gasteiger partial charge >= 0.3 is 0 Å². The van der Waals surface area contributed by atoms with Gasteiger partial charge in [0.15, 0.2) is 0 Å². The first-order valence-corrected chi connectivity index (χ1v) is 12.4. The molecule has 0 aliphatic carbocycles. The zero-order chi connectivity index (χ0) is 22.2. The topological polar surface area (TPSA) is 105 Å². The van der Waals surface area contributed by atoms with Crippen LogP contribution in [0.25, 0.3) is 11.4 Å². The standard InChI is InChI=1S/C20H21ClN4O4S2/c1-12-5-6-17(16(21)8-12)23-20(26)14-4-3-7-25(10-14)31(27,28)18-9-15(11-30-18)19-22-13(2)29-24-19/h5-6,8-9,11,14H,3-4,7,10H2,1-2H3,(H,23,26). The third-order valence-corrected chi connectivity index (χ3v) is 8.69. The van der Waals surface area contributed by atoms with E-state index in [0.29, 0.717) is 47.4 Å². The minimum Gasteiger partial charge on any atom is -0.339 e. The van der Waals surface area contributed by atoms with Crippen molar-refractivity contribution < 1.29 is 17.7 Å². The van der Waals surface area contributed by atoms with Crippen LogP contribution in [0.2, 0.25) is 5.02 Å². The second-order valence-corrected chi connectivity index (χ2v) is 10.9. The zero-order valence-corrected chi connectivity index (χ0v) is 19.4. The van der Waals surface area contributed by atoms with Crippen molar-refractivity contribution in [2.24, 2.45) is 5.92 Å². The van der Waals surface area contributed by atoms with Crippen molar-refractivity contribution in [3.8, 4) is 11.4 Å². The molecule has 2 aromatic heterocycles. The lowest BCUT2D eigenvalue weighted by atomic mass is 9.98. The number of rotatable bonds is 5. The molecular weight excluding hydrogens is 460 g/mol. The van der Waals surface area contributed by atoms with Crippen molar-refractivity contribution in [2.75, 3.05) is 18.4 Å². The normalized spacial score (nSPS) is 17.6. The quantitative estimate of drug-likeness (QED) is 0.589. The molecule has 1 saturated heterocycles. The Labute approximate surface area is 189 Å². The van der Waals surface area contributed by atoms with Crippen LogP contribution >= 0.6 is 22.9 Å². The van der Waals surface area contributed by atoms with Crippen LogP contribution in [0.3, 0.4) is 0 Å². The van der Waals surface area contributed by atoms with Crippen molar-refractivity contribution >= 4 is 44.6 Å². The van der Waals surface area contributed by atoms with Gasteiger partial charge in [-0.1, -0.05) is 22.8 Å². The number of nitrogens with one attached hydrogen (secondary N) is 1. The van der Waals surface area contributed by atoms with E-state index >= 15 is 0 Å². The Morgan fingerprint density at radius 1 is 1.32 bits per heavy atom. The Morgan fingerprint density at radius 3 is 2.84 bits per heavy atom. The van der Waals surface area contributed by atoms with Gasteiger partial charge in [-0.2, -0.15) is 9.29 Å². The van der Waals surface area contributed by atoms with Crippen LogP contribution in [0, 0.1) is 19.8 Å². The van der Waals surface area contributed by atoms with E-state index < -0.39 is 15.9 Å². The van der Waals surface area contributed by atoms with E-state index in [4.69, 9.17) is 16.1 Å². The van der Waals surface area contributed by atoms with Crippen LogP contribution in [0.1, 0.15) is 24.3 Å². The van der Waals surface area contributed by atoms with Gasteiger partial charge in [0, 0.05) is 31.0 Å². The van der Waals surface area contributed by atoms with Crippen LogP contribution in [-0.2, 0) is 14.8 Å². The summed E-state index contributed by atoms with van der Waals surface area (Å²) in [6, 6.07) is 6.92. The maximum atomic E-state index is 13.2. The van der Waals surface area contributed by atoms with Crippen LogP contribution in [-0.4, -0.2) is 41.9 Å². The monoisotopic (exact) mass is 480 g/mol. The van der Waals surface area contributed by atoms with E-state index in [0.717, 1.165) is 16.9 Å². The molecular formula is C20H21ClN4O4S2. The van der Waals surface area contributed by atoms with Gasteiger partial charge in [-0.25, -0.2) is 8.42 Å². The summed E-state index contributed by atoms with van der Waals surface area (Å²) in [7, 11) is -3.74. The molecule has 1 aromatic carbocycles. The number of nitrogens with zero attached hydrogens (tertiary/aromatic N) is 3. The molecule has 1 unspecified atom stereocenters. The maximum Gasteiger partial charge on any atom is 0.252 e. The highest BCUT2D eigenvalue weighted by molar-refractivity contribution is 7.91. The van der Waals surface area contributed by atoms with E-state index in [9.17, 15) is 13.2 Å². The molecule has 0 saturated carbocycles. The highest BCUT2D eigenvalue weighted by atomic mass is 35.5. The van der Waals surface area contributed by atoms with Crippen LogP contribution in [0.15, 0.2) is 38.4 Å². The average molecular weight is 481 g/mol. The number of sulfonamides is 1. The number of thiophene rings is 1. The molecule has 31 heavy (non-hydrogen) atoms. The number of anilines is 1. The molecule has 1 fully saturated rings. The number of halogens is 1. The van der Waals surface area contributed by atoms with Crippen molar-refractivity contribution in [1.82, 2.24) is 14.4 Å². The number of aromatic nitrogens is 2. The first-order chi connectivity index (χ1) is 14.7. The molecule has 1 aliphatic heterocycles. The Hall–Kier alpha value is -2.27. The smallest absolute Gasteiger partial charge is 0.252 e. The molecule has 1 N–H and O–H groups in total. The van der Waals surface area contributed by atoms with Gasteiger partial charge in [0.1, 0.15) is 4.21 Å². The Kier molecular flexibility index (Phi) is 6.16. The van der Waals surface area contributed by atoms with Gasteiger partial charge in [-0.05, 0) is 43.5 Å². The number of benzene rings is 1. The molecule has 0 spiro atoms. The predicted molar refractivity (Wildman–Crippen MR) is 119 cm³/mol. The highest BCUT2D eigenvalue weighted by Gasteiger charge is 2.34. The molecule has 1 aliphatic rings. The van der Waals surface area contributed by atoms with Gasteiger partial charge in [-0.15, -0.1) is 11.3 Å². The minimum atomic E-state index is -3.74. The fourth-order valence-electron chi connectivity index (χ4n) is 3.44. The number of carbonyl (C=O) groups excluding carboxylic acids is 1. The van der Waals surface area contributed by atoms with Crippen molar-refractivity contribution in [3.05, 3.63) is 46.1 Å². The highest BCUT2D eigenvalue weighted by Crippen LogP contribution is 2.32. The lowest BCUT2D eigenvalue weighted by Crippen LogP contribution is -2.43. The molecule has 11 heteroatoms. The molecule has 1 amide bonds. The summed E-state index contributed by atoms with van der Waals surface area (Å²) in [6.07, 6.45) is 1.21. The summed E-state index contributed by atoms with van der Waals surface area (Å²) >= 11 is 7.31. The summed E-state index contributed by atoms with van der Waals surface area (Å²) in [4.78, 5) is 16.9. The molecule has 0 bridgehead atoms. The molecule has 164 valence electrons. The maximum absolute atomic E-state index is 13.2. The summed E-state index contributed by atoms with van der Waals surface area (Å²) in [5.41, 5.74) is 2.10. The predicted octanol–water partition coefficient (Wildman–Crippen LogP) is 4.11. The number of amides is 1. The van der Waals surface area contributed by atoms with Crippen molar-refractivity contribution in [2.45, 2.75) is 30.9 Å². The first-order valence-electron chi connectivity index (χ1n) is 9.70. The van der Waals surface area contributed by atoms with E-state index in [-0.39, 0.29) is 16.7 Å². The zero-order valence-electron chi connectivity index (χ0n) is 17.0. The summed E-state index contributed by atoms with van der Waals surface area (Å²) in [5.74, 6) is 0.0604. The number of aryl methyl sites for hydroxylation is 2. The largest absolute Gasteiger partial charge is 0.339 e. The second-order valence-electron chi connectivity index (χ2n) is 7.47. The molecule has 8 nitrogen and oxygen atoms in total. The van der Waals surface area contributed by atoms with Crippen molar-refractivity contribution in [3.63, 3.8) is 0 Å². The fourth-order valence-corrected chi connectivity index (χ4v) is 6.56. The fraction of sp³-hybridized carbons (Fsp3) is 0.350. The molecule has 3 heterocycles. The van der Waals surface area contributed by atoms with Gasteiger partial charge in [0.2, 0.25) is 17.6 Å². The molecule has 3 aromatic rings. The van der Waals surface area contributed by atoms with Gasteiger partial charge < -0.3 is 9.84 Å². The van der Waals surface area contributed by atoms with E-state index in [1.807, 2.05) is 13.0 Å². The lowest BCUT2D eigenvalue weighted by Gasteiger charge is -2.30. The minimum absolute atomic E-state index is 0.117. The van der Waals surface area contributed by atoms with E-state index in [2.05, 4.69) is 15.5 Å². The Bertz CT molecular complexity index is 1220. The van der Waals surface area contributed by atoms with Gasteiger partial charge in [0.25, 0.3) is 10.0 Å². The number of carbonyl (C=O) groups is 1. The lowest BCUT2D eigenvalue weighted by molar-refractivity contribution is -0.120. The van der Waals surface area contributed by atoms with Gasteiger partial charge in [0.05, 0.1) is 16.6 Å². The number of hydrogen-bond acceptors (Lipinski definition) is 7. The first kappa shape index (κ1) is 21.9. The van der Waals surface area contributed by atoms with Crippen molar-refractivity contribution in [1.29, 1.82) is 0 Å². The van der Waals surface area contributed by atoms with Crippen LogP contribution < -0.4 is 5.32 Å². The average Bonchev–Trinajstić information content (AvgIpc) is 3.39. The SMILES string of the molecule is Cc1ccc(NC(=O)C2CCCN(S(=O)(=O)c3cc(-c4noc(C)n4)cs3)C2)c(Cl)c1. The molecule has 1 atom stereocenters. The van der Waals surface area contributed by atoms with E-state index in [1.54, 1.807) is 30.5 Å².